The van der Waals surface area contributed by atoms with Gasteiger partial charge in [-0.25, -0.2) is 0 Å². The van der Waals surface area contributed by atoms with Crippen LogP contribution in [0, 0.1) is 5.41 Å². The molecule has 0 spiro atoms. The summed E-state index contributed by atoms with van der Waals surface area (Å²) in [4.78, 5) is 29.3. The van der Waals surface area contributed by atoms with Gasteiger partial charge >= 0.3 is 5.97 Å². The summed E-state index contributed by atoms with van der Waals surface area (Å²) in [6.07, 6.45) is 5.18. The minimum atomic E-state index is -0.937. The molecule has 0 saturated heterocycles. The fraction of sp³-hybridized carbons (Fsp3) is 0.500. The zero-order valence-electron chi connectivity index (χ0n) is 20.8. The quantitative estimate of drug-likeness (QED) is 0.205. The van der Waals surface area contributed by atoms with Crippen LogP contribution in [0.2, 0.25) is 10.0 Å². The molecule has 1 aromatic carbocycles. The monoisotopic (exact) mass is 537 g/mol. The van der Waals surface area contributed by atoms with Gasteiger partial charge in [0, 0.05) is 42.2 Å². The number of aliphatic carboxylic acids is 1. The van der Waals surface area contributed by atoms with Crippen LogP contribution in [0.25, 0.3) is 0 Å². The molecule has 4 N–H and O–H groups in total. The second-order valence-corrected chi connectivity index (χ2v) is 11.3. The molecule has 3 rings (SSSR count). The molecule has 0 unspecified atom stereocenters. The molecule has 1 atom stereocenters. The van der Waals surface area contributed by atoms with Gasteiger partial charge in [0.05, 0.1) is 16.4 Å². The van der Waals surface area contributed by atoms with Crippen LogP contribution in [-0.4, -0.2) is 22.1 Å². The molecule has 0 aliphatic heterocycles. The van der Waals surface area contributed by atoms with Crippen LogP contribution in [0.15, 0.2) is 34.6 Å². The van der Waals surface area contributed by atoms with Crippen molar-refractivity contribution in [3.63, 3.8) is 0 Å². The van der Waals surface area contributed by atoms with Gasteiger partial charge in [-0.15, -0.1) is 0 Å². The van der Waals surface area contributed by atoms with E-state index in [4.69, 9.17) is 38.5 Å². The lowest BCUT2D eigenvalue weighted by molar-refractivity contribution is -0.137. The molecule has 1 heterocycles. The number of halogens is 2. The number of carbonyl (C=O) groups excluding carboxylic acids is 1. The van der Waals surface area contributed by atoms with Crippen LogP contribution < -0.4 is 11.2 Å². The van der Waals surface area contributed by atoms with E-state index >= 15 is 0 Å². The van der Waals surface area contributed by atoms with Crippen LogP contribution in [0.5, 0.6) is 0 Å². The van der Waals surface area contributed by atoms with Crippen molar-refractivity contribution in [2.45, 2.75) is 77.6 Å². The second kappa shape index (κ2) is 12.1. The lowest BCUT2D eigenvalue weighted by Gasteiger charge is -2.18. The molecule has 10 heteroatoms. The van der Waals surface area contributed by atoms with E-state index in [1.54, 1.807) is 18.2 Å². The molecule has 1 aliphatic carbocycles. The summed E-state index contributed by atoms with van der Waals surface area (Å²) >= 11 is 12.1. The van der Waals surface area contributed by atoms with Crippen molar-refractivity contribution < 1.29 is 24.1 Å². The Morgan fingerprint density at radius 1 is 1.33 bits per heavy atom. The number of nitrogens with one attached hydrogen (secondary N) is 1. The molecule has 0 radical (unpaired) electrons. The predicted octanol–water partition coefficient (Wildman–Crippen LogP) is 6.59. The SMILES string of the molecule is CC(C)(C)C/C(=C/Cc1onc([C@@H](CCC(=O)O)CC(=O)Nc2ccc(Cl)cc2Cl)c1C1CC1)ON. The Hall–Kier alpha value is -2.55. The molecule has 1 amide bonds. The Morgan fingerprint density at radius 3 is 2.64 bits per heavy atom. The number of benzene rings is 1. The van der Waals surface area contributed by atoms with E-state index < -0.39 is 11.9 Å². The normalized spacial score (nSPS) is 15.0. The lowest BCUT2D eigenvalue weighted by atomic mass is 9.89. The number of carboxylic acid groups (broad SMARTS) is 1. The number of carbonyl (C=O) groups is 2. The summed E-state index contributed by atoms with van der Waals surface area (Å²) in [5.41, 5.74) is 2.04. The van der Waals surface area contributed by atoms with Crippen LogP contribution in [0.1, 0.15) is 88.1 Å². The predicted molar refractivity (Wildman–Crippen MR) is 139 cm³/mol. The first-order valence-corrected chi connectivity index (χ1v) is 12.7. The fourth-order valence-corrected chi connectivity index (χ4v) is 4.59. The molecular weight excluding hydrogens is 505 g/mol. The zero-order chi connectivity index (χ0) is 26.5. The fourth-order valence-electron chi connectivity index (χ4n) is 4.14. The molecule has 1 fully saturated rings. The van der Waals surface area contributed by atoms with Crippen molar-refractivity contribution in [1.29, 1.82) is 0 Å². The largest absolute Gasteiger partial charge is 0.481 e. The van der Waals surface area contributed by atoms with Crippen LogP contribution >= 0.6 is 23.2 Å². The van der Waals surface area contributed by atoms with Gasteiger partial charge in [-0.2, -0.15) is 5.90 Å². The van der Waals surface area contributed by atoms with E-state index in [0.717, 1.165) is 18.4 Å². The second-order valence-electron chi connectivity index (χ2n) is 10.4. The van der Waals surface area contributed by atoms with E-state index in [9.17, 15) is 14.7 Å². The van der Waals surface area contributed by atoms with Gasteiger partial charge in [-0.05, 0) is 54.9 Å². The Morgan fingerprint density at radius 2 is 2.06 bits per heavy atom. The standard InChI is InChI=1S/C26H33Cl2N3O5/c1-26(2,3)14-18(35-29)8-10-21-24(15-4-5-15)25(31-36-21)16(6-11-23(33)34)12-22(32)30-20-9-7-17(27)13-19(20)28/h7-9,13,15-16H,4-6,10-12,14,29H2,1-3H3,(H,30,32)(H,33,34)/b18-8-/t16-/m0/s1. The Labute approximate surface area is 221 Å². The highest BCUT2D eigenvalue weighted by Gasteiger charge is 2.35. The number of rotatable bonds is 12. The van der Waals surface area contributed by atoms with Crippen molar-refractivity contribution >= 4 is 40.8 Å². The number of hydrogen-bond acceptors (Lipinski definition) is 6. The average molecular weight is 538 g/mol. The van der Waals surface area contributed by atoms with Crippen molar-refractivity contribution in [2.75, 3.05) is 5.32 Å². The van der Waals surface area contributed by atoms with Gasteiger partial charge in [-0.3, -0.25) is 9.59 Å². The van der Waals surface area contributed by atoms with Crippen molar-refractivity contribution in [3.8, 4) is 0 Å². The third kappa shape index (κ3) is 8.25. The third-order valence-corrected chi connectivity index (χ3v) is 6.47. The third-order valence-electron chi connectivity index (χ3n) is 5.92. The zero-order valence-corrected chi connectivity index (χ0v) is 22.3. The van der Waals surface area contributed by atoms with E-state index in [0.29, 0.717) is 45.8 Å². The molecule has 2 aromatic rings. The van der Waals surface area contributed by atoms with Crippen molar-refractivity contribution in [3.05, 3.63) is 57.1 Å². The Kier molecular flexibility index (Phi) is 9.44. The maximum atomic E-state index is 12.9. The van der Waals surface area contributed by atoms with Crippen molar-refractivity contribution in [2.24, 2.45) is 11.3 Å². The number of amides is 1. The Bertz CT molecular complexity index is 1120. The van der Waals surface area contributed by atoms with Gasteiger partial charge in [-0.1, -0.05) is 49.1 Å². The molecule has 1 saturated carbocycles. The molecule has 36 heavy (non-hydrogen) atoms. The van der Waals surface area contributed by atoms with Gasteiger partial charge in [0.15, 0.2) is 0 Å². The first-order chi connectivity index (χ1) is 17.0. The summed E-state index contributed by atoms with van der Waals surface area (Å²) in [6, 6.07) is 4.80. The molecule has 1 aromatic heterocycles. The smallest absolute Gasteiger partial charge is 0.303 e. The lowest BCUT2D eigenvalue weighted by Crippen LogP contribution is -2.18. The van der Waals surface area contributed by atoms with Gasteiger partial charge in [0.1, 0.15) is 11.5 Å². The van der Waals surface area contributed by atoms with Gasteiger partial charge < -0.3 is 19.8 Å². The van der Waals surface area contributed by atoms with E-state index in [1.165, 1.54) is 0 Å². The van der Waals surface area contributed by atoms with Crippen LogP contribution in [0.4, 0.5) is 5.69 Å². The number of anilines is 1. The number of aromatic nitrogens is 1. The number of carboxylic acids is 1. The van der Waals surface area contributed by atoms with Gasteiger partial charge in [0.2, 0.25) is 5.91 Å². The molecule has 8 nitrogen and oxygen atoms in total. The van der Waals surface area contributed by atoms with Gasteiger partial charge in [0.25, 0.3) is 0 Å². The summed E-state index contributed by atoms with van der Waals surface area (Å²) in [5, 5.41) is 17.2. The molecule has 196 valence electrons. The minimum Gasteiger partial charge on any atom is -0.481 e. The van der Waals surface area contributed by atoms with Crippen LogP contribution in [0.3, 0.4) is 0 Å². The number of allylic oxidation sites excluding steroid dienone is 2. The Balaban J connectivity index is 1.83. The topological polar surface area (TPSA) is 128 Å². The van der Waals surface area contributed by atoms with Crippen LogP contribution in [-0.2, 0) is 20.8 Å². The first-order valence-electron chi connectivity index (χ1n) is 12.0. The average Bonchev–Trinajstić information content (AvgIpc) is 3.54. The number of nitrogens with zero attached hydrogens (tertiary/aromatic N) is 1. The summed E-state index contributed by atoms with van der Waals surface area (Å²) in [6.45, 7) is 6.28. The van der Waals surface area contributed by atoms with E-state index in [2.05, 4.69) is 31.2 Å². The highest BCUT2D eigenvalue weighted by atomic mass is 35.5. The van der Waals surface area contributed by atoms with E-state index in [-0.39, 0.29) is 36.5 Å². The highest BCUT2D eigenvalue weighted by Crippen LogP contribution is 2.46. The van der Waals surface area contributed by atoms with E-state index in [1.807, 2.05) is 6.08 Å². The molecule has 1 aliphatic rings. The maximum absolute atomic E-state index is 12.9. The number of nitrogens with two attached hydrogens (primary N) is 1. The summed E-state index contributed by atoms with van der Waals surface area (Å²) in [5.74, 6) is 5.44. The van der Waals surface area contributed by atoms with Crippen molar-refractivity contribution in [1.82, 2.24) is 5.16 Å². The highest BCUT2D eigenvalue weighted by molar-refractivity contribution is 6.36. The summed E-state index contributed by atoms with van der Waals surface area (Å²) < 4.78 is 5.74. The molecular formula is C26H33Cl2N3O5. The summed E-state index contributed by atoms with van der Waals surface area (Å²) in [7, 11) is 0. The minimum absolute atomic E-state index is 0.000623. The first kappa shape index (κ1) is 28.0. The molecule has 0 bridgehead atoms. The number of hydrogen-bond donors (Lipinski definition) is 3. The maximum Gasteiger partial charge on any atom is 0.303 e.